The highest BCUT2D eigenvalue weighted by Gasteiger charge is 2.35. The van der Waals surface area contributed by atoms with Gasteiger partial charge in [-0.25, -0.2) is 8.42 Å². The first-order chi connectivity index (χ1) is 15.4. The first-order valence-electron chi connectivity index (χ1n) is 9.40. The van der Waals surface area contributed by atoms with E-state index >= 15 is 0 Å². The number of aryl methyl sites for hydroxylation is 1. The van der Waals surface area contributed by atoms with Crippen LogP contribution in [-0.4, -0.2) is 20.9 Å². The summed E-state index contributed by atoms with van der Waals surface area (Å²) in [7, 11) is -4.28. The van der Waals surface area contributed by atoms with E-state index in [1.54, 1.807) is 25.1 Å². The van der Waals surface area contributed by atoms with Gasteiger partial charge in [-0.15, -0.1) is 0 Å². The van der Waals surface area contributed by atoms with Gasteiger partial charge in [0.25, 0.3) is 10.0 Å². The van der Waals surface area contributed by atoms with Crippen LogP contribution >= 0.6 is 23.2 Å². The van der Waals surface area contributed by atoms with Crippen LogP contribution in [0, 0.1) is 6.92 Å². The predicted molar refractivity (Wildman–Crippen MR) is 122 cm³/mol. The number of alkyl halides is 3. The van der Waals surface area contributed by atoms with E-state index in [1.165, 1.54) is 36.4 Å². The SMILES string of the molecule is Cc1ccc(S(=O)(=O)N(CC(=O)Nc2ccc(Cl)cc2C(F)(F)F)c2ccccc2Cl)cc1. The Balaban J connectivity index is 1.99. The zero-order valence-corrected chi connectivity index (χ0v) is 19.4. The quantitative estimate of drug-likeness (QED) is 0.426. The lowest BCUT2D eigenvalue weighted by Gasteiger charge is -2.25. The maximum atomic E-state index is 13.4. The minimum atomic E-state index is -4.79. The number of carbonyl (C=O) groups excluding carboxylic acids is 1. The molecule has 0 heterocycles. The molecular formula is C22H17Cl2F3N2O3S. The monoisotopic (exact) mass is 516 g/mol. The molecule has 0 saturated heterocycles. The second-order valence-electron chi connectivity index (χ2n) is 7.01. The van der Waals surface area contributed by atoms with Gasteiger partial charge < -0.3 is 5.32 Å². The number of para-hydroxylation sites is 1. The van der Waals surface area contributed by atoms with Gasteiger partial charge in [-0.2, -0.15) is 13.2 Å². The molecule has 0 aromatic heterocycles. The molecular weight excluding hydrogens is 500 g/mol. The maximum Gasteiger partial charge on any atom is 0.418 e. The Bertz CT molecular complexity index is 1280. The highest BCUT2D eigenvalue weighted by atomic mass is 35.5. The molecule has 3 aromatic rings. The van der Waals surface area contributed by atoms with Crippen LogP contribution in [0.15, 0.2) is 71.6 Å². The second-order valence-corrected chi connectivity index (χ2v) is 9.72. The molecule has 0 aliphatic carbocycles. The van der Waals surface area contributed by atoms with Crippen LogP contribution in [0.25, 0.3) is 0 Å². The molecule has 1 N–H and O–H groups in total. The van der Waals surface area contributed by atoms with Crippen LogP contribution in [-0.2, 0) is 21.0 Å². The average molecular weight is 517 g/mol. The average Bonchev–Trinajstić information content (AvgIpc) is 2.73. The number of halogens is 5. The molecule has 0 aliphatic rings. The Morgan fingerprint density at radius 2 is 1.64 bits per heavy atom. The molecule has 1 amide bonds. The van der Waals surface area contributed by atoms with Gasteiger partial charge >= 0.3 is 6.18 Å². The lowest BCUT2D eigenvalue weighted by atomic mass is 10.1. The molecule has 174 valence electrons. The summed E-state index contributed by atoms with van der Waals surface area (Å²) in [6, 6.07) is 14.7. The largest absolute Gasteiger partial charge is 0.418 e. The molecule has 0 unspecified atom stereocenters. The number of benzene rings is 3. The van der Waals surface area contributed by atoms with Gasteiger partial charge in [0.05, 0.1) is 26.9 Å². The molecule has 3 aromatic carbocycles. The summed E-state index contributed by atoms with van der Waals surface area (Å²) in [6.07, 6.45) is -4.79. The number of sulfonamides is 1. The number of nitrogens with one attached hydrogen (secondary N) is 1. The number of nitrogens with zero attached hydrogens (tertiary/aromatic N) is 1. The van der Waals surface area contributed by atoms with E-state index in [0.29, 0.717) is 6.07 Å². The van der Waals surface area contributed by atoms with E-state index < -0.39 is 39.9 Å². The zero-order chi connectivity index (χ0) is 24.4. The molecule has 0 fully saturated rings. The van der Waals surface area contributed by atoms with Crippen molar-refractivity contribution in [3.05, 3.63) is 87.9 Å². The van der Waals surface area contributed by atoms with E-state index in [1.807, 2.05) is 0 Å². The first kappa shape index (κ1) is 24.9. The number of hydrogen-bond donors (Lipinski definition) is 1. The van der Waals surface area contributed by atoms with Crippen molar-refractivity contribution in [3.63, 3.8) is 0 Å². The fourth-order valence-corrected chi connectivity index (χ4v) is 4.87. The first-order valence-corrected chi connectivity index (χ1v) is 11.6. The van der Waals surface area contributed by atoms with Crippen molar-refractivity contribution in [3.8, 4) is 0 Å². The minimum absolute atomic E-state index is 0.00189. The lowest BCUT2D eigenvalue weighted by molar-refractivity contribution is -0.137. The van der Waals surface area contributed by atoms with E-state index in [9.17, 15) is 26.4 Å². The third-order valence-corrected chi connectivity index (χ3v) is 6.91. The molecule has 5 nitrogen and oxygen atoms in total. The second kappa shape index (κ2) is 9.62. The Labute approximate surface area is 198 Å². The van der Waals surface area contributed by atoms with Gasteiger partial charge in [0.1, 0.15) is 6.54 Å². The number of anilines is 2. The van der Waals surface area contributed by atoms with Crippen molar-refractivity contribution < 1.29 is 26.4 Å². The van der Waals surface area contributed by atoms with Crippen LogP contribution in [0.5, 0.6) is 0 Å². The summed E-state index contributed by atoms with van der Waals surface area (Å²) < 4.78 is 67.5. The van der Waals surface area contributed by atoms with E-state index in [0.717, 1.165) is 15.9 Å². The molecule has 0 radical (unpaired) electrons. The number of carbonyl (C=O) groups is 1. The summed E-state index contributed by atoms with van der Waals surface area (Å²) in [5.41, 5.74) is -0.891. The smallest absolute Gasteiger partial charge is 0.324 e. The molecule has 0 atom stereocenters. The molecule has 0 aliphatic heterocycles. The number of amides is 1. The zero-order valence-electron chi connectivity index (χ0n) is 17.0. The fraction of sp³-hybridized carbons (Fsp3) is 0.136. The van der Waals surface area contributed by atoms with Crippen molar-refractivity contribution in [2.45, 2.75) is 18.0 Å². The van der Waals surface area contributed by atoms with Crippen LogP contribution in [0.2, 0.25) is 10.0 Å². The molecule has 11 heteroatoms. The summed E-state index contributed by atoms with van der Waals surface area (Å²) in [6.45, 7) is 0.958. The molecule has 33 heavy (non-hydrogen) atoms. The number of hydrogen-bond acceptors (Lipinski definition) is 3. The van der Waals surface area contributed by atoms with Crippen LogP contribution in [0.1, 0.15) is 11.1 Å². The topological polar surface area (TPSA) is 66.5 Å². The van der Waals surface area contributed by atoms with Crippen molar-refractivity contribution in [1.29, 1.82) is 0 Å². The summed E-state index contributed by atoms with van der Waals surface area (Å²) >= 11 is 11.8. The number of rotatable bonds is 6. The van der Waals surface area contributed by atoms with E-state index in [4.69, 9.17) is 23.2 Å². The Morgan fingerprint density at radius 1 is 1.00 bits per heavy atom. The van der Waals surface area contributed by atoms with E-state index in [2.05, 4.69) is 5.32 Å². The van der Waals surface area contributed by atoms with Gasteiger partial charge in [-0.1, -0.05) is 53.0 Å². The van der Waals surface area contributed by atoms with Gasteiger partial charge in [-0.3, -0.25) is 9.10 Å². The Hall–Kier alpha value is -2.75. The molecule has 3 rings (SSSR count). The summed E-state index contributed by atoms with van der Waals surface area (Å²) in [5, 5.41) is 2.01. The van der Waals surface area contributed by atoms with Crippen LogP contribution < -0.4 is 9.62 Å². The van der Waals surface area contributed by atoms with Gasteiger partial charge in [0.2, 0.25) is 5.91 Å². The van der Waals surface area contributed by atoms with Crippen molar-refractivity contribution in [2.24, 2.45) is 0 Å². The predicted octanol–water partition coefficient (Wildman–Crippen LogP) is 6.15. The fourth-order valence-electron chi connectivity index (χ4n) is 2.97. The highest BCUT2D eigenvalue weighted by Crippen LogP contribution is 2.37. The van der Waals surface area contributed by atoms with Gasteiger partial charge in [-0.05, 0) is 49.4 Å². The Kier molecular flexibility index (Phi) is 7.26. The Morgan fingerprint density at radius 3 is 2.24 bits per heavy atom. The van der Waals surface area contributed by atoms with E-state index in [-0.39, 0.29) is 20.6 Å². The van der Waals surface area contributed by atoms with Gasteiger partial charge in [0.15, 0.2) is 0 Å². The molecule has 0 spiro atoms. The van der Waals surface area contributed by atoms with Crippen LogP contribution in [0.4, 0.5) is 24.5 Å². The van der Waals surface area contributed by atoms with Crippen molar-refractivity contribution in [1.82, 2.24) is 0 Å². The minimum Gasteiger partial charge on any atom is -0.324 e. The van der Waals surface area contributed by atoms with Gasteiger partial charge in [0, 0.05) is 5.02 Å². The standard InChI is InChI=1S/C22H17Cl2F3N2O3S/c1-14-6-9-16(10-7-14)33(31,32)29(20-5-3-2-4-18(20)24)13-21(30)28-19-11-8-15(23)12-17(19)22(25,26)27/h2-12H,13H2,1H3,(H,28,30). The van der Waals surface area contributed by atoms with Crippen molar-refractivity contribution >= 4 is 50.5 Å². The highest BCUT2D eigenvalue weighted by molar-refractivity contribution is 7.92. The summed E-state index contributed by atoms with van der Waals surface area (Å²) in [4.78, 5) is 12.6. The third-order valence-electron chi connectivity index (χ3n) is 4.58. The normalized spacial score (nSPS) is 11.8. The molecule has 0 saturated carbocycles. The lowest BCUT2D eigenvalue weighted by Crippen LogP contribution is -2.38. The molecule has 0 bridgehead atoms. The third kappa shape index (κ3) is 5.79. The summed E-state index contributed by atoms with van der Waals surface area (Å²) in [5.74, 6) is -1.00. The maximum absolute atomic E-state index is 13.4. The van der Waals surface area contributed by atoms with Crippen LogP contribution in [0.3, 0.4) is 0 Å². The van der Waals surface area contributed by atoms with Crippen molar-refractivity contribution in [2.75, 3.05) is 16.2 Å².